The molecule has 90 valence electrons. The monoisotopic (exact) mass is 231 g/mol. The first-order valence-corrected chi connectivity index (χ1v) is 5.91. The molecule has 0 spiro atoms. The van der Waals surface area contributed by atoms with Crippen molar-refractivity contribution < 1.29 is 0 Å². The molecule has 1 aliphatic carbocycles. The standard InChI is InChI=1S/C12H17N5/c1-16-4-3-10-11(16)14-7-15-12(10)17(2)9-5-8(13)6-9/h3-4,7-9H,5-6,13H2,1-2H3. The maximum Gasteiger partial charge on any atom is 0.145 e. The molecular formula is C12H17N5. The zero-order valence-corrected chi connectivity index (χ0v) is 10.2. The number of nitrogens with two attached hydrogens (primary N) is 1. The number of rotatable bonds is 2. The van der Waals surface area contributed by atoms with Gasteiger partial charge in [-0.15, -0.1) is 0 Å². The Hall–Kier alpha value is -1.62. The van der Waals surface area contributed by atoms with Crippen LogP contribution in [-0.2, 0) is 7.05 Å². The van der Waals surface area contributed by atoms with Gasteiger partial charge in [0.25, 0.3) is 0 Å². The van der Waals surface area contributed by atoms with Gasteiger partial charge in [-0.1, -0.05) is 0 Å². The smallest absolute Gasteiger partial charge is 0.145 e. The first-order chi connectivity index (χ1) is 8.16. The van der Waals surface area contributed by atoms with Crippen LogP contribution in [0.25, 0.3) is 11.0 Å². The minimum atomic E-state index is 0.357. The molecule has 1 fully saturated rings. The third-order valence-electron chi connectivity index (χ3n) is 3.67. The highest BCUT2D eigenvalue weighted by molar-refractivity contribution is 5.87. The van der Waals surface area contributed by atoms with Crippen LogP contribution in [0.5, 0.6) is 0 Å². The molecule has 0 aromatic carbocycles. The van der Waals surface area contributed by atoms with E-state index >= 15 is 0 Å². The van der Waals surface area contributed by atoms with Crippen molar-refractivity contribution in [1.29, 1.82) is 0 Å². The van der Waals surface area contributed by atoms with Gasteiger partial charge < -0.3 is 15.2 Å². The van der Waals surface area contributed by atoms with Crippen LogP contribution >= 0.6 is 0 Å². The first-order valence-electron chi connectivity index (χ1n) is 5.91. The summed E-state index contributed by atoms with van der Waals surface area (Å²) in [6, 6.07) is 2.94. The molecule has 0 amide bonds. The van der Waals surface area contributed by atoms with E-state index < -0.39 is 0 Å². The summed E-state index contributed by atoms with van der Waals surface area (Å²) in [6.45, 7) is 0. The summed E-state index contributed by atoms with van der Waals surface area (Å²) < 4.78 is 2.01. The number of fused-ring (bicyclic) bond motifs is 1. The minimum Gasteiger partial charge on any atom is -0.356 e. The summed E-state index contributed by atoms with van der Waals surface area (Å²) in [6.07, 6.45) is 5.75. The van der Waals surface area contributed by atoms with Crippen molar-refractivity contribution in [2.75, 3.05) is 11.9 Å². The fraction of sp³-hybridized carbons (Fsp3) is 0.500. The predicted molar refractivity (Wildman–Crippen MR) is 67.9 cm³/mol. The molecule has 2 aromatic heterocycles. The van der Waals surface area contributed by atoms with Crippen molar-refractivity contribution in [2.24, 2.45) is 12.8 Å². The summed E-state index contributed by atoms with van der Waals surface area (Å²) in [5, 5.41) is 1.11. The van der Waals surface area contributed by atoms with Crippen LogP contribution < -0.4 is 10.6 Å². The van der Waals surface area contributed by atoms with Gasteiger partial charge in [0.2, 0.25) is 0 Å². The van der Waals surface area contributed by atoms with Crippen molar-refractivity contribution in [2.45, 2.75) is 24.9 Å². The topological polar surface area (TPSA) is 60.0 Å². The number of aromatic nitrogens is 3. The average molecular weight is 231 g/mol. The molecule has 2 heterocycles. The van der Waals surface area contributed by atoms with Crippen molar-refractivity contribution in [3.8, 4) is 0 Å². The van der Waals surface area contributed by atoms with Crippen molar-refractivity contribution in [3.63, 3.8) is 0 Å². The second-order valence-electron chi connectivity index (χ2n) is 4.86. The van der Waals surface area contributed by atoms with E-state index in [4.69, 9.17) is 5.73 Å². The van der Waals surface area contributed by atoms with Gasteiger partial charge in [0.15, 0.2) is 0 Å². The molecule has 17 heavy (non-hydrogen) atoms. The quantitative estimate of drug-likeness (QED) is 0.834. The number of hydrogen-bond donors (Lipinski definition) is 1. The number of hydrogen-bond acceptors (Lipinski definition) is 4. The summed E-state index contributed by atoms with van der Waals surface area (Å²) in [4.78, 5) is 10.9. The second-order valence-corrected chi connectivity index (χ2v) is 4.86. The van der Waals surface area contributed by atoms with Gasteiger partial charge in [0.05, 0.1) is 5.39 Å². The Labute approximate surface area is 100 Å². The summed E-state index contributed by atoms with van der Waals surface area (Å²) in [5.41, 5.74) is 6.82. The summed E-state index contributed by atoms with van der Waals surface area (Å²) >= 11 is 0. The molecule has 1 aliphatic rings. The normalized spacial score (nSPS) is 23.7. The Morgan fingerprint density at radius 2 is 2.18 bits per heavy atom. The van der Waals surface area contributed by atoms with E-state index in [0.29, 0.717) is 12.1 Å². The molecule has 0 saturated heterocycles. The van der Waals surface area contributed by atoms with E-state index in [-0.39, 0.29) is 0 Å². The van der Waals surface area contributed by atoms with Crippen molar-refractivity contribution in [3.05, 3.63) is 18.6 Å². The van der Waals surface area contributed by atoms with Crippen LogP contribution in [0.2, 0.25) is 0 Å². The van der Waals surface area contributed by atoms with Crippen LogP contribution in [0.1, 0.15) is 12.8 Å². The fourth-order valence-corrected chi connectivity index (χ4v) is 2.46. The third kappa shape index (κ3) is 1.58. The van der Waals surface area contributed by atoms with Crippen LogP contribution in [0.15, 0.2) is 18.6 Å². The van der Waals surface area contributed by atoms with E-state index in [9.17, 15) is 0 Å². The Morgan fingerprint density at radius 1 is 1.41 bits per heavy atom. The molecule has 0 aliphatic heterocycles. The highest BCUT2D eigenvalue weighted by Gasteiger charge is 2.30. The minimum absolute atomic E-state index is 0.357. The molecule has 2 N–H and O–H groups in total. The Bertz CT molecular complexity index is 541. The Morgan fingerprint density at radius 3 is 2.88 bits per heavy atom. The van der Waals surface area contributed by atoms with Gasteiger partial charge in [-0.05, 0) is 18.9 Å². The van der Waals surface area contributed by atoms with Crippen LogP contribution in [-0.4, -0.2) is 33.7 Å². The molecule has 3 rings (SSSR count). The molecule has 0 radical (unpaired) electrons. The van der Waals surface area contributed by atoms with Gasteiger partial charge in [-0.2, -0.15) is 0 Å². The third-order valence-corrected chi connectivity index (χ3v) is 3.67. The van der Waals surface area contributed by atoms with E-state index in [1.54, 1.807) is 6.33 Å². The largest absolute Gasteiger partial charge is 0.356 e. The molecular weight excluding hydrogens is 214 g/mol. The van der Waals surface area contributed by atoms with Crippen LogP contribution in [0.4, 0.5) is 5.82 Å². The maximum absolute atomic E-state index is 5.84. The fourth-order valence-electron chi connectivity index (χ4n) is 2.46. The molecule has 1 saturated carbocycles. The number of anilines is 1. The van der Waals surface area contributed by atoms with E-state index in [1.165, 1.54) is 0 Å². The molecule has 2 aromatic rings. The van der Waals surface area contributed by atoms with Crippen LogP contribution in [0.3, 0.4) is 0 Å². The number of nitrogens with zero attached hydrogens (tertiary/aromatic N) is 4. The maximum atomic E-state index is 5.84. The van der Waals surface area contributed by atoms with Gasteiger partial charge in [0, 0.05) is 32.4 Å². The SMILES string of the molecule is CN(c1ncnc2c1ccn2C)C1CC(N)C1. The molecule has 0 unspecified atom stereocenters. The number of aryl methyl sites for hydroxylation is 1. The van der Waals surface area contributed by atoms with Gasteiger partial charge >= 0.3 is 0 Å². The van der Waals surface area contributed by atoms with Crippen LogP contribution in [0, 0.1) is 0 Å². The zero-order valence-electron chi connectivity index (χ0n) is 10.2. The highest BCUT2D eigenvalue weighted by Crippen LogP contribution is 2.30. The molecule has 5 heteroatoms. The zero-order chi connectivity index (χ0) is 12.0. The van der Waals surface area contributed by atoms with Gasteiger partial charge in [-0.3, -0.25) is 0 Å². The lowest BCUT2D eigenvalue weighted by molar-refractivity contribution is 0.339. The van der Waals surface area contributed by atoms with Crippen molar-refractivity contribution in [1.82, 2.24) is 14.5 Å². The molecule has 5 nitrogen and oxygen atoms in total. The highest BCUT2D eigenvalue weighted by atomic mass is 15.2. The first kappa shape index (κ1) is 10.5. The summed E-state index contributed by atoms with van der Waals surface area (Å²) in [5.74, 6) is 1.01. The Balaban J connectivity index is 1.99. The second kappa shape index (κ2) is 3.70. The lowest BCUT2D eigenvalue weighted by Gasteiger charge is -2.40. The van der Waals surface area contributed by atoms with Crippen molar-refractivity contribution >= 4 is 16.9 Å². The van der Waals surface area contributed by atoms with Gasteiger partial charge in [0.1, 0.15) is 17.8 Å². The lowest BCUT2D eigenvalue weighted by Crippen LogP contribution is -2.49. The Kier molecular flexibility index (Phi) is 2.29. The van der Waals surface area contributed by atoms with E-state index in [1.807, 2.05) is 17.8 Å². The lowest BCUT2D eigenvalue weighted by atomic mass is 9.86. The predicted octanol–water partition coefficient (Wildman–Crippen LogP) is 0.894. The van der Waals surface area contributed by atoms with Gasteiger partial charge in [-0.25, -0.2) is 9.97 Å². The molecule has 0 bridgehead atoms. The molecule has 0 atom stereocenters. The summed E-state index contributed by atoms with van der Waals surface area (Å²) in [7, 11) is 4.09. The average Bonchev–Trinajstić information content (AvgIpc) is 2.66. The van der Waals surface area contributed by atoms with E-state index in [2.05, 4.69) is 28.0 Å². The van der Waals surface area contributed by atoms with E-state index in [0.717, 1.165) is 29.7 Å².